The van der Waals surface area contributed by atoms with Crippen molar-refractivity contribution in [3.05, 3.63) is 78.1 Å². The van der Waals surface area contributed by atoms with Crippen molar-refractivity contribution in [2.24, 2.45) is 0 Å². The fourth-order valence-electron chi connectivity index (χ4n) is 3.18. The molecule has 0 bridgehead atoms. The van der Waals surface area contributed by atoms with E-state index in [1.807, 2.05) is 73.0 Å². The van der Waals surface area contributed by atoms with Gasteiger partial charge in [0.1, 0.15) is 5.75 Å². The summed E-state index contributed by atoms with van der Waals surface area (Å²) in [7, 11) is 1.63. The van der Waals surface area contributed by atoms with Gasteiger partial charge in [-0.2, -0.15) is 0 Å². The topological polar surface area (TPSA) is 81.9 Å². The highest BCUT2D eigenvalue weighted by atomic mass is 32.2. The van der Waals surface area contributed by atoms with Gasteiger partial charge >= 0.3 is 0 Å². The fraction of sp³-hybridized carbons (Fsp3) is 0.167. The van der Waals surface area contributed by atoms with Gasteiger partial charge in [0.2, 0.25) is 5.91 Å². The van der Waals surface area contributed by atoms with Gasteiger partial charge in [0.05, 0.1) is 18.6 Å². The van der Waals surface area contributed by atoms with Gasteiger partial charge in [-0.15, -0.1) is 10.2 Å². The minimum Gasteiger partial charge on any atom is -0.497 e. The van der Waals surface area contributed by atoms with Crippen LogP contribution in [0.25, 0.3) is 17.1 Å². The molecule has 162 valence electrons. The number of hydrogen-bond acceptors (Lipinski definition) is 6. The van der Waals surface area contributed by atoms with E-state index in [9.17, 15) is 4.79 Å². The molecular formula is C24H23N5O2S. The Hall–Kier alpha value is -3.65. The number of rotatable bonds is 7. The molecule has 2 aromatic heterocycles. The van der Waals surface area contributed by atoms with Crippen LogP contribution in [0.5, 0.6) is 5.75 Å². The van der Waals surface area contributed by atoms with E-state index in [1.165, 1.54) is 17.3 Å². The van der Waals surface area contributed by atoms with Gasteiger partial charge in [0.25, 0.3) is 0 Å². The summed E-state index contributed by atoms with van der Waals surface area (Å²) in [6.07, 6.45) is 3.42. The molecule has 0 radical (unpaired) electrons. The van der Waals surface area contributed by atoms with E-state index in [-0.39, 0.29) is 11.7 Å². The predicted molar refractivity (Wildman–Crippen MR) is 126 cm³/mol. The van der Waals surface area contributed by atoms with Crippen molar-refractivity contribution < 1.29 is 9.53 Å². The van der Waals surface area contributed by atoms with Crippen LogP contribution < -0.4 is 10.1 Å². The zero-order chi connectivity index (χ0) is 22.5. The Kier molecular flexibility index (Phi) is 6.51. The molecule has 4 aromatic rings. The average molecular weight is 446 g/mol. The van der Waals surface area contributed by atoms with Crippen molar-refractivity contribution >= 4 is 23.4 Å². The van der Waals surface area contributed by atoms with E-state index in [2.05, 4.69) is 20.5 Å². The highest BCUT2D eigenvalue weighted by Gasteiger charge is 2.18. The number of amides is 1. The molecule has 0 fully saturated rings. The smallest absolute Gasteiger partial charge is 0.234 e. The molecule has 0 atom stereocenters. The van der Waals surface area contributed by atoms with Crippen LogP contribution in [0, 0.1) is 13.8 Å². The first-order valence-electron chi connectivity index (χ1n) is 10.1. The molecule has 4 rings (SSSR count). The van der Waals surface area contributed by atoms with Crippen molar-refractivity contribution in [2.45, 2.75) is 19.0 Å². The zero-order valence-electron chi connectivity index (χ0n) is 18.1. The van der Waals surface area contributed by atoms with Crippen LogP contribution in [-0.4, -0.2) is 38.5 Å². The lowest BCUT2D eigenvalue weighted by Crippen LogP contribution is -2.14. The second-order valence-electron chi connectivity index (χ2n) is 7.21. The van der Waals surface area contributed by atoms with Crippen molar-refractivity contribution in [1.29, 1.82) is 0 Å². The maximum Gasteiger partial charge on any atom is 0.234 e. The van der Waals surface area contributed by atoms with E-state index >= 15 is 0 Å². The van der Waals surface area contributed by atoms with Crippen molar-refractivity contribution in [3.63, 3.8) is 0 Å². The minimum absolute atomic E-state index is 0.107. The van der Waals surface area contributed by atoms with Crippen molar-refractivity contribution in [3.8, 4) is 22.8 Å². The summed E-state index contributed by atoms with van der Waals surface area (Å²) in [5.41, 5.74) is 4.83. The SMILES string of the molecule is COc1cccc(-n2c(SCC(=O)Nc3ccc(C)c(C)c3)nnc2-c2ccncc2)c1. The second kappa shape index (κ2) is 9.65. The summed E-state index contributed by atoms with van der Waals surface area (Å²) < 4.78 is 7.31. The van der Waals surface area contributed by atoms with Gasteiger partial charge in [0, 0.05) is 29.7 Å². The molecule has 0 spiro atoms. The van der Waals surface area contributed by atoms with Crippen LogP contribution in [0.4, 0.5) is 5.69 Å². The molecule has 2 heterocycles. The molecule has 0 saturated carbocycles. The number of anilines is 1. The summed E-state index contributed by atoms with van der Waals surface area (Å²) >= 11 is 1.33. The quantitative estimate of drug-likeness (QED) is 0.416. The number of nitrogens with one attached hydrogen (secondary N) is 1. The van der Waals surface area contributed by atoms with Gasteiger partial charge in [-0.25, -0.2) is 0 Å². The van der Waals surface area contributed by atoms with E-state index < -0.39 is 0 Å². The van der Waals surface area contributed by atoms with E-state index in [4.69, 9.17) is 4.74 Å². The molecule has 1 N–H and O–H groups in total. The molecule has 1 amide bonds. The predicted octanol–water partition coefficient (Wildman–Crippen LogP) is 4.69. The number of aryl methyl sites for hydroxylation is 2. The van der Waals surface area contributed by atoms with Crippen LogP contribution in [0.2, 0.25) is 0 Å². The number of thioether (sulfide) groups is 1. The van der Waals surface area contributed by atoms with Gasteiger partial charge in [-0.05, 0) is 61.4 Å². The summed E-state index contributed by atoms with van der Waals surface area (Å²) in [6, 6.07) is 17.3. The van der Waals surface area contributed by atoms with Crippen LogP contribution in [-0.2, 0) is 4.79 Å². The summed E-state index contributed by atoms with van der Waals surface area (Å²) in [6.45, 7) is 4.07. The summed E-state index contributed by atoms with van der Waals surface area (Å²) in [5.74, 6) is 1.48. The number of ether oxygens (including phenoxy) is 1. The highest BCUT2D eigenvalue weighted by Crippen LogP contribution is 2.29. The number of carbonyl (C=O) groups is 1. The number of methoxy groups -OCH3 is 1. The third-order valence-electron chi connectivity index (χ3n) is 5.01. The number of pyridine rings is 1. The maximum absolute atomic E-state index is 12.6. The van der Waals surface area contributed by atoms with Gasteiger partial charge in [0.15, 0.2) is 11.0 Å². The van der Waals surface area contributed by atoms with Crippen LogP contribution >= 0.6 is 11.8 Å². The molecule has 0 aliphatic rings. The maximum atomic E-state index is 12.6. The van der Waals surface area contributed by atoms with Gasteiger partial charge in [-0.1, -0.05) is 23.9 Å². The first-order chi connectivity index (χ1) is 15.5. The third-order valence-corrected chi connectivity index (χ3v) is 5.94. The monoisotopic (exact) mass is 445 g/mol. The molecule has 0 aliphatic carbocycles. The number of aromatic nitrogens is 4. The second-order valence-corrected chi connectivity index (χ2v) is 8.16. The van der Waals surface area contributed by atoms with E-state index in [0.717, 1.165) is 28.3 Å². The first kappa shape index (κ1) is 21.6. The van der Waals surface area contributed by atoms with Crippen LogP contribution in [0.3, 0.4) is 0 Å². The van der Waals surface area contributed by atoms with E-state index in [1.54, 1.807) is 19.5 Å². The zero-order valence-corrected chi connectivity index (χ0v) is 18.9. The molecular weight excluding hydrogens is 422 g/mol. The Labute approximate surface area is 190 Å². The van der Waals surface area contributed by atoms with Crippen molar-refractivity contribution in [1.82, 2.24) is 19.7 Å². The van der Waals surface area contributed by atoms with Gasteiger partial charge in [-0.3, -0.25) is 14.3 Å². The molecule has 8 heteroatoms. The lowest BCUT2D eigenvalue weighted by atomic mass is 10.1. The summed E-state index contributed by atoms with van der Waals surface area (Å²) in [5, 5.41) is 12.3. The minimum atomic E-state index is -0.107. The lowest BCUT2D eigenvalue weighted by Gasteiger charge is -2.12. The molecule has 0 unspecified atom stereocenters. The number of nitrogens with zero attached hydrogens (tertiary/aromatic N) is 4. The Morgan fingerprint density at radius 2 is 1.84 bits per heavy atom. The van der Waals surface area contributed by atoms with Crippen molar-refractivity contribution in [2.75, 3.05) is 18.2 Å². The molecule has 32 heavy (non-hydrogen) atoms. The van der Waals surface area contributed by atoms with Crippen LogP contribution in [0.1, 0.15) is 11.1 Å². The van der Waals surface area contributed by atoms with E-state index in [0.29, 0.717) is 11.0 Å². The molecule has 2 aromatic carbocycles. The standard InChI is InChI=1S/C24H23N5O2S/c1-16-7-8-19(13-17(16)2)26-22(30)15-32-24-28-27-23(18-9-11-25-12-10-18)29(24)20-5-4-6-21(14-20)31-3/h4-14H,15H2,1-3H3,(H,26,30). The molecule has 0 saturated heterocycles. The number of benzene rings is 2. The lowest BCUT2D eigenvalue weighted by molar-refractivity contribution is -0.113. The molecule has 7 nitrogen and oxygen atoms in total. The largest absolute Gasteiger partial charge is 0.497 e. The average Bonchev–Trinajstić information content (AvgIpc) is 3.25. The fourth-order valence-corrected chi connectivity index (χ4v) is 3.93. The Morgan fingerprint density at radius 3 is 2.59 bits per heavy atom. The third kappa shape index (κ3) is 4.81. The normalized spacial score (nSPS) is 10.7. The Morgan fingerprint density at radius 1 is 1.03 bits per heavy atom. The van der Waals surface area contributed by atoms with Gasteiger partial charge < -0.3 is 10.1 Å². The highest BCUT2D eigenvalue weighted by molar-refractivity contribution is 7.99. The summed E-state index contributed by atoms with van der Waals surface area (Å²) in [4.78, 5) is 16.7. The Balaban J connectivity index is 1.60. The number of hydrogen-bond donors (Lipinski definition) is 1. The molecule has 0 aliphatic heterocycles. The van der Waals surface area contributed by atoms with Crippen LogP contribution in [0.15, 0.2) is 72.1 Å². The number of carbonyl (C=O) groups excluding carboxylic acids is 1. The first-order valence-corrected chi connectivity index (χ1v) is 11.0. The Bertz CT molecular complexity index is 1240.